The van der Waals surface area contributed by atoms with Crippen LogP contribution < -0.4 is 14.2 Å². The van der Waals surface area contributed by atoms with Gasteiger partial charge in [0, 0.05) is 32.1 Å². The van der Waals surface area contributed by atoms with Crippen molar-refractivity contribution >= 4 is 21.9 Å². The normalized spacial score (nSPS) is 17.7. The quantitative estimate of drug-likeness (QED) is 0.599. The minimum absolute atomic E-state index is 0.0102. The van der Waals surface area contributed by atoms with Gasteiger partial charge in [0.15, 0.2) is 17.6 Å². The van der Waals surface area contributed by atoms with Gasteiger partial charge in [-0.3, -0.25) is 9.59 Å². The van der Waals surface area contributed by atoms with Gasteiger partial charge in [0.2, 0.25) is 10.0 Å². The predicted molar refractivity (Wildman–Crippen MR) is 105 cm³/mol. The van der Waals surface area contributed by atoms with Crippen molar-refractivity contribution in [3.05, 3.63) is 18.2 Å². The van der Waals surface area contributed by atoms with Crippen LogP contribution in [0.15, 0.2) is 23.1 Å². The Balaban J connectivity index is 1.48. The number of sulfonamides is 1. The third-order valence-electron chi connectivity index (χ3n) is 4.63. The van der Waals surface area contributed by atoms with Crippen molar-refractivity contribution in [1.82, 2.24) is 9.62 Å². The number of fused-ring (bicyclic) bond motifs is 1. The first-order valence-corrected chi connectivity index (χ1v) is 11.3. The highest BCUT2D eigenvalue weighted by atomic mass is 32.2. The first-order valence-electron chi connectivity index (χ1n) is 9.82. The maximum absolute atomic E-state index is 12.5. The van der Waals surface area contributed by atoms with Gasteiger partial charge in [-0.2, -0.15) is 0 Å². The predicted octanol–water partition coefficient (Wildman–Crippen LogP) is 0.307. The molecule has 1 fully saturated rings. The van der Waals surface area contributed by atoms with Crippen molar-refractivity contribution < 1.29 is 37.0 Å². The molecule has 1 aromatic rings. The molecule has 1 amide bonds. The third kappa shape index (κ3) is 5.83. The van der Waals surface area contributed by atoms with Crippen molar-refractivity contribution in [2.45, 2.75) is 30.8 Å². The van der Waals surface area contributed by atoms with E-state index in [1.165, 1.54) is 19.1 Å². The molecule has 2 aliphatic rings. The molecule has 0 saturated carbocycles. The van der Waals surface area contributed by atoms with E-state index in [0.717, 1.165) is 0 Å². The van der Waals surface area contributed by atoms with E-state index in [0.29, 0.717) is 57.4 Å². The molecule has 0 bridgehead atoms. The summed E-state index contributed by atoms with van der Waals surface area (Å²) in [5.41, 5.74) is 0. The smallest absolute Gasteiger partial charge is 0.307 e. The van der Waals surface area contributed by atoms with E-state index in [2.05, 4.69) is 4.72 Å². The molecular formula is C19H26N2O8S. The molecule has 166 valence electrons. The molecule has 1 N–H and O–H groups in total. The van der Waals surface area contributed by atoms with Crippen molar-refractivity contribution in [3.8, 4) is 11.5 Å². The first kappa shape index (κ1) is 22.3. The standard InChI is InChI=1S/C19H26N2O8S/c1-14(19(23)21-7-11-26-12-8-21)29-18(22)5-6-20-30(24,25)15-3-4-16-17(13-15)28-10-2-9-27-16/h3-4,13-14,20H,2,5-12H2,1H3. The van der Waals surface area contributed by atoms with Crippen LogP contribution in [0.25, 0.3) is 0 Å². The molecule has 10 nitrogen and oxygen atoms in total. The summed E-state index contributed by atoms with van der Waals surface area (Å²) in [6.07, 6.45) is -0.428. The van der Waals surface area contributed by atoms with E-state index in [4.69, 9.17) is 18.9 Å². The molecule has 3 rings (SSSR count). The van der Waals surface area contributed by atoms with Gasteiger partial charge >= 0.3 is 5.97 Å². The summed E-state index contributed by atoms with van der Waals surface area (Å²) in [6, 6.07) is 4.35. The average molecular weight is 442 g/mol. The minimum atomic E-state index is -3.85. The van der Waals surface area contributed by atoms with Crippen molar-refractivity contribution in [2.24, 2.45) is 0 Å². The van der Waals surface area contributed by atoms with Gasteiger partial charge in [-0.25, -0.2) is 13.1 Å². The zero-order valence-electron chi connectivity index (χ0n) is 16.8. The van der Waals surface area contributed by atoms with Crippen molar-refractivity contribution in [2.75, 3.05) is 46.1 Å². The summed E-state index contributed by atoms with van der Waals surface area (Å²) in [6.45, 7) is 4.10. The highest BCUT2D eigenvalue weighted by Gasteiger charge is 2.25. The molecule has 0 spiro atoms. The fourth-order valence-corrected chi connectivity index (χ4v) is 4.08. The lowest BCUT2D eigenvalue weighted by atomic mass is 10.3. The number of carbonyl (C=O) groups excluding carboxylic acids is 2. The zero-order chi connectivity index (χ0) is 21.6. The highest BCUT2D eigenvalue weighted by molar-refractivity contribution is 7.89. The minimum Gasteiger partial charge on any atom is -0.490 e. The highest BCUT2D eigenvalue weighted by Crippen LogP contribution is 2.31. The monoisotopic (exact) mass is 442 g/mol. The largest absolute Gasteiger partial charge is 0.490 e. The molecular weight excluding hydrogens is 416 g/mol. The molecule has 1 unspecified atom stereocenters. The van der Waals surface area contributed by atoms with E-state index in [9.17, 15) is 18.0 Å². The van der Waals surface area contributed by atoms with Gasteiger partial charge in [-0.1, -0.05) is 0 Å². The zero-order valence-corrected chi connectivity index (χ0v) is 17.6. The Hall–Kier alpha value is -2.37. The number of hydrogen-bond acceptors (Lipinski definition) is 8. The average Bonchev–Trinajstić information content (AvgIpc) is 2.98. The van der Waals surface area contributed by atoms with Gasteiger partial charge in [-0.05, 0) is 19.1 Å². The fourth-order valence-electron chi connectivity index (χ4n) is 3.03. The van der Waals surface area contributed by atoms with Crippen LogP contribution in [0.3, 0.4) is 0 Å². The van der Waals surface area contributed by atoms with Gasteiger partial charge < -0.3 is 23.8 Å². The molecule has 2 aliphatic heterocycles. The van der Waals surface area contributed by atoms with Crippen molar-refractivity contribution in [1.29, 1.82) is 0 Å². The van der Waals surface area contributed by atoms with Crippen LogP contribution in [0.5, 0.6) is 11.5 Å². The lowest BCUT2D eigenvalue weighted by molar-refractivity contribution is -0.160. The van der Waals surface area contributed by atoms with E-state index < -0.39 is 22.1 Å². The van der Waals surface area contributed by atoms with Crippen LogP contribution in [-0.2, 0) is 29.1 Å². The summed E-state index contributed by atoms with van der Waals surface area (Å²) < 4.78 is 48.7. The summed E-state index contributed by atoms with van der Waals surface area (Å²) in [4.78, 5) is 25.8. The van der Waals surface area contributed by atoms with E-state index >= 15 is 0 Å². The number of esters is 1. The molecule has 1 aromatic carbocycles. The third-order valence-corrected chi connectivity index (χ3v) is 6.09. The molecule has 11 heteroatoms. The van der Waals surface area contributed by atoms with Gasteiger partial charge in [-0.15, -0.1) is 0 Å². The number of rotatable bonds is 7. The molecule has 1 atom stereocenters. The molecule has 0 radical (unpaired) electrons. The molecule has 0 aliphatic carbocycles. The second kappa shape index (κ2) is 10.1. The van der Waals surface area contributed by atoms with Crippen LogP contribution >= 0.6 is 0 Å². The Kier molecular flexibility index (Phi) is 7.51. The van der Waals surface area contributed by atoms with Crippen molar-refractivity contribution in [3.63, 3.8) is 0 Å². The van der Waals surface area contributed by atoms with Crippen LogP contribution in [0.1, 0.15) is 19.8 Å². The summed E-state index contributed by atoms with van der Waals surface area (Å²) >= 11 is 0. The number of amides is 1. The summed E-state index contributed by atoms with van der Waals surface area (Å²) in [7, 11) is -3.85. The van der Waals surface area contributed by atoms with E-state index in [-0.39, 0.29) is 23.8 Å². The van der Waals surface area contributed by atoms with Gasteiger partial charge in [0.05, 0.1) is 37.7 Å². The van der Waals surface area contributed by atoms with E-state index in [1.807, 2.05) is 0 Å². The Bertz CT molecular complexity index is 867. The number of carbonyl (C=O) groups is 2. The molecule has 2 heterocycles. The molecule has 0 aromatic heterocycles. The molecule has 30 heavy (non-hydrogen) atoms. The summed E-state index contributed by atoms with van der Waals surface area (Å²) in [5.74, 6) is -0.0934. The first-order chi connectivity index (χ1) is 14.4. The second-order valence-corrected chi connectivity index (χ2v) is 8.64. The number of nitrogens with zero attached hydrogens (tertiary/aromatic N) is 1. The number of ether oxygens (including phenoxy) is 4. The lowest BCUT2D eigenvalue weighted by Gasteiger charge is -2.28. The SMILES string of the molecule is CC(OC(=O)CCNS(=O)(=O)c1ccc2c(c1)OCCCO2)C(=O)N1CCOCC1. The van der Waals surface area contributed by atoms with Crippen LogP contribution in [0.4, 0.5) is 0 Å². The van der Waals surface area contributed by atoms with Crippen LogP contribution in [0.2, 0.25) is 0 Å². The second-order valence-electron chi connectivity index (χ2n) is 6.88. The number of nitrogens with one attached hydrogen (secondary N) is 1. The maximum Gasteiger partial charge on any atom is 0.307 e. The Morgan fingerprint density at radius 3 is 2.57 bits per heavy atom. The van der Waals surface area contributed by atoms with E-state index in [1.54, 1.807) is 11.0 Å². The number of hydrogen-bond donors (Lipinski definition) is 1. The maximum atomic E-state index is 12.5. The van der Waals surface area contributed by atoms with Crippen LogP contribution in [-0.4, -0.2) is 77.4 Å². The Labute approximate surface area is 175 Å². The topological polar surface area (TPSA) is 120 Å². The Morgan fingerprint density at radius 2 is 1.83 bits per heavy atom. The fraction of sp³-hybridized carbons (Fsp3) is 0.579. The van der Waals surface area contributed by atoms with Gasteiger partial charge in [0.1, 0.15) is 0 Å². The Morgan fingerprint density at radius 1 is 1.13 bits per heavy atom. The number of benzene rings is 1. The van der Waals surface area contributed by atoms with Gasteiger partial charge in [0.25, 0.3) is 5.91 Å². The lowest BCUT2D eigenvalue weighted by Crippen LogP contribution is -2.46. The molecule has 1 saturated heterocycles. The summed E-state index contributed by atoms with van der Waals surface area (Å²) in [5, 5.41) is 0. The van der Waals surface area contributed by atoms with Crippen LogP contribution in [0, 0.1) is 0 Å². The number of morpholine rings is 1.